The van der Waals surface area contributed by atoms with Gasteiger partial charge < -0.3 is 9.80 Å². The summed E-state index contributed by atoms with van der Waals surface area (Å²) in [4.78, 5) is 41.2. The summed E-state index contributed by atoms with van der Waals surface area (Å²) in [5, 5.41) is 0. The van der Waals surface area contributed by atoms with E-state index >= 15 is 0 Å². The summed E-state index contributed by atoms with van der Waals surface area (Å²) in [6, 6.07) is 5.39. The minimum atomic E-state index is -3.51. The van der Waals surface area contributed by atoms with Gasteiger partial charge in [0.2, 0.25) is 11.8 Å². The molecule has 4 rings (SSSR count). The van der Waals surface area contributed by atoms with E-state index in [4.69, 9.17) is 0 Å². The van der Waals surface area contributed by atoms with Gasteiger partial charge >= 0.3 is 0 Å². The van der Waals surface area contributed by atoms with Gasteiger partial charge in [-0.1, -0.05) is 6.07 Å². The quantitative estimate of drug-likeness (QED) is 0.696. The number of hydrogen-bond donors (Lipinski definition) is 0. The Morgan fingerprint density at radius 1 is 1.16 bits per heavy atom. The second-order valence-corrected chi connectivity index (χ2v) is 10.2. The molecule has 2 saturated heterocycles. The first-order valence-corrected chi connectivity index (χ1v) is 12.1. The molecule has 0 spiro atoms. The number of piperidine rings is 1. The van der Waals surface area contributed by atoms with E-state index in [9.17, 15) is 18.0 Å². The van der Waals surface area contributed by atoms with Crippen LogP contribution in [0.2, 0.25) is 0 Å². The Morgan fingerprint density at radius 3 is 2.48 bits per heavy atom. The van der Waals surface area contributed by atoms with E-state index in [1.54, 1.807) is 35.2 Å². The highest BCUT2D eigenvalue weighted by atomic mass is 32.2. The molecule has 0 bridgehead atoms. The topological polar surface area (TPSA) is 113 Å². The average molecular weight is 444 g/mol. The Morgan fingerprint density at radius 2 is 1.90 bits per heavy atom. The van der Waals surface area contributed by atoms with Crippen LogP contribution in [0.25, 0.3) is 11.5 Å². The highest BCUT2D eigenvalue weighted by Gasteiger charge is 2.37. The van der Waals surface area contributed by atoms with Gasteiger partial charge in [0.25, 0.3) is 0 Å². The normalized spacial score (nSPS) is 20.3. The Kier molecular flexibility index (Phi) is 5.74. The number of nitrogens with zero attached hydrogens (tertiary/aromatic N) is 5. The van der Waals surface area contributed by atoms with Crippen molar-refractivity contribution < 1.29 is 18.0 Å². The van der Waals surface area contributed by atoms with E-state index in [1.165, 1.54) is 6.20 Å². The molecule has 9 nitrogen and oxygen atoms in total. The lowest BCUT2D eigenvalue weighted by atomic mass is 9.92. The summed E-state index contributed by atoms with van der Waals surface area (Å²) in [6.45, 7) is 1.46. The third-order valence-electron chi connectivity index (χ3n) is 5.96. The largest absolute Gasteiger partial charge is 0.345 e. The van der Waals surface area contributed by atoms with E-state index in [1.807, 2.05) is 6.07 Å². The highest BCUT2D eigenvalue weighted by Crippen LogP contribution is 2.33. The smallest absolute Gasteiger partial charge is 0.227 e. The maximum atomic E-state index is 12.8. The summed E-state index contributed by atoms with van der Waals surface area (Å²) in [5.74, 6) is -0.0259. The Labute approximate surface area is 181 Å². The van der Waals surface area contributed by atoms with Gasteiger partial charge in [0.15, 0.2) is 15.7 Å². The van der Waals surface area contributed by atoms with Crippen molar-refractivity contribution in [2.45, 2.75) is 30.1 Å². The van der Waals surface area contributed by atoms with E-state index in [2.05, 4.69) is 15.0 Å². The van der Waals surface area contributed by atoms with Crippen LogP contribution in [0.5, 0.6) is 0 Å². The number of hydrogen-bond acceptors (Lipinski definition) is 7. The summed E-state index contributed by atoms with van der Waals surface area (Å²) < 4.78 is 24.7. The summed E-state index contributed by atoms with van der Waals surface area (Å²) in [5.41, 5.74) is 1.06. The zero-order chi connectivity index (χ0) is 22.2. The van der Waals surface area contributed by atoms with Gasteiger partial charge in [-0.15, -0.1) is 0 Å². The molecule has 0 aromatic carbocycles. The molecule has 2 aliphatic heterocycles. The third kappa shape index (κ3) is 4.43. The number of carbonyl (C=O) groups is 2. The maximum absolute atomic E-state index is 12.8. The summed E-state index contributed by atoms with van der Waals surface area (Å²) in [7, 11) is -1.79. The predicted molar refractivity (Wildman–Crippen MR) is 113 cm³/mol. The number of pyridine rings is 1. The number of amides is 2. The Bertz CT molecular complexity index is 1100. The van der Waals surface area contributed by atoms with Crippen LogP contribution in [-0.2, 0) is 19.4 Å². The van der Waals surface area contributed by atoms with Crippen molar-refractivity contribution in [3.05, 3.63) is 36.3 Å². The molecular formula is C21H25N5O4S. The standard InChI is InChI=1S/C21H25N5O4S/c1-25-13-15(11-18(25)27)21(28)26-9-6-14(7-10-26)19-17(31(2,29)30)12-23-20(24-19)16-5-3-4-8-22-16/h3-5,8,12,14-15H,6-7,9-11,13H2,1-2H3/t15-/m0/s1. The molecule has 0 aliphatic carbocycles. The number of rotatable bonds is 4. The Balaban J connectivity index is 1.54. The van der Waals surface area contributed by atoms with Crippen LogP contribution < -0.4 is 0 Å². The molecule has 31 heavy (non-hydrogen) atoms. The fourth-order valence-corrected chi connectivity index (χ4v) is 5.08. The van der Waals surface area contributed by atoms with Crippen molar-refractivity contribution in [2.75, 3.05) is 32.9 Å². The van der Waals surface area contributed by atoms with Gasteiger partial charge in [0.05, 0.1) is 11.6 Å². The first-order valence-electron chi connectivity index (χ1n) is 10.2. The second-order valence-electron chi connectivity index (χ2n) is 8.21. The number of aromatic nitrogens is 3. The molecule has 4 heterocycles. The molecule has 0 saturated carbocycles. The maximum Gasteiger partial charge on any atom is 0.227 e. The van der Waals surface area contributed by atoms with E-state index in [0.29, 0.717) is 49.7 Å². The van der Waals surface area contributed by atoms with Crippen LogP contribution >= 0.6 is 0 Å². The van der Waals surface area contributed by atoms with Crippen molar-refractivity contribution in [2.24, 2.45) is 5.92 Å². The molecule has 0 unspecified atom stereocenters. The van der Waals surface area contributed by atoms with Crippen LogP contribution in [-0.4, -0.2) is 77.9 Å². The molecule has 2 amide bonds. The van der Waals surface area contributed by atoms with Gasteiger partial charge in [-0.25, -0.2) is 18.4 Å². The first-order chi connectivity index (χ1) is 14.7. The van der Waals surface area contributed by atoms with Gasteiger partial charge in [0, 0.05) is 57.7 Å². The van der Waals surface area contributed by atoms with Crippen molar-refractivity contribution in [3.63, 3.8) is 0 Å². The minimum absolute atomic E-state index is 0.00338. The SMILES string of the molecule is CN1C[C@@H](C(=O)N2CCC(c3nc(-c4ccccn4)ncc3S(C)(=O)=O)CC2)CC1=O. The molecule has 2 aromatic heterocycles. The molecule has 2 aromatic rings. The summed E-state index contributed by atoms with van der Waals surface area (Å²) in [6.07, 6.45) is 5.61. The number of carbonyl (C=O) groups excluding carboxylic acids is 2. The van der Waals surface area contributed by atoms with Crippen molar-refractivity contribution in [1.29, 1.82) is 0 Å². The zero-order valence-electron chi connectivity index (χ0n) is 17.6. The molecule has 2 aliphatic rings. The van der Waals surface area contributed by atoms with Crippen molar-refractivity contribution in [1.82, 2.24) is 24.8 Å². The zero-order valence-corrected chi connectivity index (χ0v) is 18.4. The summed E-state index contributed by atoms with van der Waals surface area (Å²) >= 11 is 0. The van der Waals surface area contributed by atoms with Gasteiger partial charge in [0.1, 0.15) is 10.6 Å². The van der Waals surface area contributed by atoms with Crippen LogP contribution in [0.4, 0.5) is 0 Å². The minimum Gasteiger partial charge on any atom is -0.345 e. The van der Waals surface area contributed by atoms with Gasteiger partial charge in [-0.05, 0) is 25.0 Å². The molecule has 1 atom stereocenters. The monoisotopic (exact) mass is 443 g/mol. The second kappa shape index (κ2) is 8.33. The van der Waals surface area contributed by atoms with Crippen LogP contribution in [0.1, 0.15) is 30.9 Å². The first kappa shape index (κ1) is 21.4. The lowest BCUT2D eigenvalue weighted by molar-refractivity contribution is -0.136. The fraction of sp³-hybridized carbons (Fsp3) is 0.476. The molecule has 164 valence electrons. The fourth-order valence-electron chi connectivity index (χ4n) is 4.24. The number of likely N-dealkylation sites (tertiary alicyclic amines) is 2. The highest BCUT2D eigenvalue weighted by molar-refractivity contribution is 7.90. The molecule has 0 N–H and O–H groups in total. The van der Waals surface area contributed by atoms with Crippen molar-refractivity contribution in [3.8, 4) is 11.5 Å². The molecule has 10 heteroatoms. The average Bonchev–Trinajstić information content (AvgIpc) is 3.11. The van der Waals surface area contributed by atoms with E-state index in [0.717, 1.165) is 6.26 Å². The molecule has 2 fully saturated rings. The lowest BCUT2D eigenvalue weighted by Crippen LogP contribution is -2.42. The van der Waals surface area contributed by atoms with Gasteiger partial charge in [-0.3, -0.25) is 14.6 Å². The molecular weight excluding hydrogens is 418 g/mol. The van der Waals surface area contributed by atoms with Crippen LogP contribution in [0, 0.1) is 5.92 Å². The predicted octanol–water partition coefficient (Wildman–Crippen LogP) is 1.13. The van der Waals surface area contributed by atoms with Crippen LogP contribution in [0.15, 0.2) is 35.5 Å². The lowest BCUT2D eigenvalue weighted by Gasteiger charge is -2.33. The van der Waals surface area contributed by atoms with E-state index in [-0.39, 0.29) is 35.0 Å². The third-order valence-corrected chi connectivity index (χ3v) is 7.07. The molecule has 0 radical (unpaired) electrons. The van der Waals surface area contributed by atoms with Crippen LogP contribution in [0.3, 0.4) is 0 Å². The van der Waals surface area contributed by atoms with E-state index < -0.39 is 9.84 Å². The number of sulfone groups is 1. The van der Waals surface area contributed by atoms with Gasteiger partial charge in [-0.2, -0.15) is 0 Å². The van der Waals surface area contributed by atoms with Crippen molar-refractivity contribution >= 4 is 21.7 Å². The Hall–Kier alpha value is -2.88.